The highest BCUT2D eigenvalue weighted by Gasteiger charge is 2.30. The summed E-state index contributed by atoms with van der Waals surface area (Å²) in [6.45, 7) is 0. The van der Waals surface area contributed by atoms with Gasteiger partial charge in [-0.2, -0.15) is 0 Å². The van der Waals surface area contributed by atoms with E-state index in [1.807, 2.05) is 0 Å². The van der Waals surface area contributed by atoms with Crippen molar-refractivity contribution in [2.45, 2.75) is 44.2 Å². The zero-order chi connectivity index (χ0) is 8.84. The number of nitrogens with two attached hydrogens (primary N) is 1. The van der Waals surface area contributed by atoms with Gasteiger partial charge in [0.15, 0.2) is 0 Å². The third-order valence-corrected chi connectivity index (χ3v) is 2.97. The Morgan fingerprint density at radius 1 is 1.31 bits per heavy atom. The predicted octanol–water partition coefficient (Wildman–Crippen LogP) is 0.429. The van der Waals surface area contributed by atoms with Crippen LogP contribution in [0.1, 0.15) is 36.7 Å². The summed E-state index contributed by atoms with van der Waals surface area (Å²) in [5.41, 5.74) is 8.42. The number of fused-ring (bicyclic) bond motifs is 1. The molecule has 0 bridgehead atoms. The Kier molecular flexibility index (Phi) is 1.47. The summed E-state index contributed by atoms with van der Waals surface area (Å²) in [5, 5.41) is 8.42. The molecule has 3 rings (SSSR count). The van der Waals surface area contributed by atoms with E-state index in [0.717, 1.165) is 19.3 Å². The topological polar surface area (TPSA) is 56.7 Å². The van der Waals surface area contributed by atoms with E-state index in [1.165, 1.54) is 24.2 Å². The van der Waals surface area contributed by atoms with Crippen molar-refractivity contribution >= 4 is 0 Å². The van der Waals surface area contributed by atoms with Crippen LogP contribution < -0.4 is 5.73 Å². The summed E-state index contributed by atoms with van der Waals surface area (Å²) in [4.78, 5) is 0. The van der Waals surface area contributed by atoms with E-state index in [0.29, 0.717) is 12.1 Å². The molecule has 1 aromatic rings. The van der Waals surface area contributed by atoms with E-state index in [1.54, 1.807) is 0 Å². The van der Waals surface area contributed by atoms with Crippen LogP contribution in [0, 0.1) is 0 Å². The van der Waals surface area contributed by atoms with Crippen molar-refractivity contribution in [3.05, 3.63) is 11.4 Å². The minimum atomic E-state index is 0.323. The molecule has 1 heterocycles. The van der Waals surface area contributed by atoms with Gasteiger partial charge in [0, 0.05) is 12.5 Å². The molecule has 70 valence electrons. The van der Waals surface area contributed by atoms with Crippen LogP contribution in [0.5, 0.6) is 0 Å². The standard InChI is InChI=1S/C9H14N4/c10-6-1-4-8-9(5-6)13(12-11-8)7-2-3-7/h6-7H,1-5,10H2/t6-/m1/s1. The van der Waals surface area contributed by atoms with E-state index < -0.39 is 0 Å². The first-order valence-corrected chi connectivity index (χ1v) is 5.03. The van der Waals surface area contributed by atoms with Crippen molar-refractivity contribution in [3.63, 3.8) is 0 Å². The van der Waals surface area contributed by atoms with Crippen molar-refractivity contribution < 1.29 is 0 Å². The molecule has 4 heteroatoms. The van der Waals surface area contributed by atoms with Gasteiger partial charge in [-0.25, -0.2) is 4.68 Å². The molecule has 13 heavy (non-hydrogen) atoms. The summed E-state index contributed by atoms with van der Waals surface area (Å²) < 4.78 is 2.11. The molecule has 1 fully saturated rings. The first-order valence-electron chi connectivity index (χ1n) is 5.03. The molecular formula is C9H14N4. The minimum absolute atomic E-state index is 0.323. The van der Waals surface area contributed by atoms with Gasteiger partial charge in [-0.15, -0.1) is 5.10 Å². The summed E-state index contributed by atoms with van der Waals surface area (Å²) in [6, 6.07) is 0.963. The Labute approximate surface area is 77.1 Å². The lowest BCUT2D eigenvalue weighted by molar-refractivity contribution is 0.522. The van der Waals surface area contributed by atoms with Gasteiger partial charge < -0.3 is 5.73 Å². The molecule has 1 saturated carbocycles. The number of hydrogen-bond acceptors (Lipinski definition) is 3. The quantitative estimate of drug-likeness (QED) is 0.678. The maximum absolute atomic E-state index is 5.93. The largest absolute Gasteiger partial charge is 0.327 e. The van der Waals surface area contributed by atoms with Crippen LogP contribution >= 0.6 is 0 Å². The first-order chi connectivity index (χ1) is 6.34. The van der Waals surface area contributed by atoms with Crippen molar-refractivity contribution in [1.29, 1.82) is 0 Å². The van der Waals surface area contributed by atoms with E-state index in [4.69, 9.17) is 5.73 Å². The molecular weight excluding hydrogens is 164 g/mol. The van der Waals surface area contributed by atoms with Crippen molar-refractivity contribution in [1.82, 2.24) is 15.0 Å². The summed E-state index contributed by atoms with van der Waals surface area (Å²) in [5.74, 6) is 0. The van der Waals surface area contributed by atoms with E-state index in [9.17, 15) is 0 Å². The molecule has 0 aromatic carbocycles. The lowest BCUT2D eigenvalue weighted by Gasteiger charge is -2.17. The first kappa shape index (κ1) is 7.50. The average Bonchev–Trinajstić information content (AvgIpc) is 2.87. The fourth-order valence-corrected chi connectivity index (χ4v) is 2.04. The molecule has 2 aliphatic carbocycles. The number of aromatic nitrogens is 3. The van der Waals surface area contributed by atoms with Gasteiger partial charge >= 0.3 is 0 Å². The van der Waals surface area contributed by atoms with E-state index in [2.05, 4.69) is 15.0 Å². The maximum atomic E-state index is 5.93. The third-order valence-electron chi connectivity index (χ3n) is 2.97. The number of rotatable bonds is 1. The van der Waals surface area contributed by atoms with E-state index >= 15 is 0 Å². The second-order valence-corrected chi connectivity index (χ2v) is 4.16. The highest BCUT2D eigenvalue weighted by atomic mass is 15.5. The van der Waals surface area contributed by atoms with Crippen LogP contribution in [0.25, 0.3) is 0 Å². The van der Waals surface area contributed by atoms with Crippen molar-refractivity contribution in [2.24, 2.45) is 5.73 Å². The van der Waals surface area contributed by atoms with Crippen LogP contribution in [0.3, 0.4) is 0 Å². The Morgan fingerprint density at radius 3 is 2.92 bits per heavy atom. The van der Waals surface area contributed by atoms with Crippen LogP contribution in [-0.4, -0.2) is 21.0 Å². The monoisotopic (exact) mass is 178 g/mol. The molecule has 4 nitrogen and oxygen atoms in total. The molecule has 0 spiro atoms. The van der Waals surface area contributed by atoms with Gasteiger partial charge in [-0.05, 0) is 25.7 Å². The number of hydrogen-bond donors (Lipinski definition) is 1. The van der Waals surface area contributed by atoms with Crippen LogP contribution in [0.15, 0.2) is 0 Å². The maximum Gasteiger partial charge on any atom is 0.0860 e. The summed E-state index contributed by atoms with van der Waals surface area (Å²) in [7, 11) is 0. The van der Waals surface area contributed by atoms with Crippen LogP contribution in [-0.2, 0) is 12.8 Å². The predicted molar refractivity (Wildman–Crippen MR) is 48.3 cm³/mol. The molecule has 0 radical (unpaired) electrons. The Morgan fingerprint density at radius 2 is 2.15 bits per heavy atom. The van der Waals surface area contributed by atoms with E-state index in [-0.39, 0.29) is 0 Å². The van der Waals surface area contributed by atoms with Gasteiger partial charge in [0.2, 0.25) is 0 Å². The normalized spacial score (nSPS) is 27.3. The fraction of sp³-hybridized carbons (Fsp3) is 0.778. The minimum Gasteiger partial charge on any atom is -0.327 e. The van der Waals surface area contributed by atoms with Crippen LogP contribution in [0.2, 0.25) is 0 Å². The van der Waals surface area contributed by atoms with Crippen LogP contribution in [0.4, 0.5) is 0 Å². The zero-order valence-electron chi connectivity index (χ0n) is 7.61. The molecule has 1 atom stereocenters. The summed E-state index contributed by atoms with van der Waals surface area (Å²) in [6.07, 6.45) is 5.59. The second-order valence-electron chi connectivity index (χ2n) is 4.16. The number of nitrogens with zero attached hydrogens (tertiary/aromatic N) is 3. The third kappa shape index (κ3) is 1.16. The van der Waals surface area contributed by atoms with Gasteiger partial charge in [-0.1, -0.05) is 5.21 Å². The molecule has 1 aromatic heterocycles. The van der Waals surface area contributed by atoms with Gasteiger partial charge in [0.25, 0.3) is 0 Å². The smallest absolute Gasteiger partial charge is 0.0860 e. The van der Waals surface area contributed by atoms with Gasteiger partial charge in [0.05, 0.1) is 17.4 Å². The van der Waals surface area contributed by atoms with Gasteiger partial charge in [-0.3, -0.25) is 0 Å². The van der Waals surface area contributed by atoms with Crippen molar-refractivity contribution in [3.8, 4) is 0 Å². The SMILES string of the molecule is N[C@@H]1CCc2nnn(C3CC3)c2C1. The Balaban J connectivity index is 1.99. The van der Waals surface area contributed by atoms with Gasteiger partial charge in [0.1, 0.15) is 0 Å². The summed E-state index contributed by atoms with van der Waals surface area (Å²) >= 11 is 0. The lowest BCUT2D eigenvalue weighted by atomic mass is 9.97. The highest BCUT2D eigenvalue weighted by molar-refractivity contribution is 5.17. The second kappa shape index (κ2) is 2.54. The molecule has 0 aliphatic heterocycles. The Hall–Kier alpha value is -0.900. The molecule has 2 N–H and O–H groups in total. The zero-order valence-corrected chi connectivity index (χ0v) is 7.61. The Bertz CT molecular complexity index is 326. The molecule has 2 aliphatic rings. The molecule has 0 saturated heterocycles. The lowest BCUT2D eigenvalue weighted by Crippen LogP contribution is -2.29. The number of aryl methyl sites for hydroxylation is 1. The average molecular weight is 178 g/mol. The molecule has 0 amide bonds. The molecule has 0 unspecified atom stereocenters. The highest BCUT2D eigenvalue weighted by Crippen LogP contribution is 2.36. The fourth-order valence-electron chi connectivity index (χ4n) is 2.04. The van der Waals surface area contributed by atoms with Crippen molar-refractivity contribution in [2.75, 3.05) is 0 Å².